The Bertz CT molecular complexity index is 609. The number of nitrogens with one attached hydrogen (secondary N) is 1. The van der Waals surface area contributed by atoms with Gasteiger partial charge in [0.15, 0.2) is 0 Å². The number of carbonyl (C=O) groups is 1. The number of alkyl carbamates (subject to hydrolysis) is 1. The van der Waals surface area contributed by atoms with Crippen LogP contribution in [0.5, 0.6) is 0 Å². The van der Waals surface area contributed by atoms with Gasteiger partial charge in [-0.2, -0.15) is 0 Å². The summed E-state index contributed by atoms with van der Waals surface area (Å²) in [5.74, 6) is 0.423. The first-order valence-corrected chi connectivity index (χ1v) is 8.61. The van der Waals surface area contributed by atoms with Crippen LogP contribution in [0, 0.1) is 0 Å². The van der Waals surface area contributed by atoms with Gasteiger partial charge in [-0.1, -0.05) is 48.5 Å². The van der Waals surface area contributed by atoms with Gasteiger partial charge in [0.2, 0.25) is 0 Å². The van der Waals surface area contributed by atoms with Gasteiger partial charge in [0.25, 0.3) is 0 Å². The fourth-order valence-corrected chi connectivity index (χ4v) is 3.02. The third kappa shape index (κ3) is 6.23. The van der Waals surface area contributed by atoms with Gasteiger partial charge in [-0.05, 0) is 17.7 Å². The summed E-state index contributed by atoms with van der Waals surface area (Å²) in [6.45, 7) is -0.278. The average molecular weight is 347 g/mol. The van der Waals surface area contributed by atoms with E-state index in [1.807, 2.05) is 60.7 Å². The van der Waals surface area contributed by atoms with Crippen molar-refractivity contribution in [3.8, 4) is 0 Å². The number of ether oxygens (including phenoxy) is 1. The SMILES string of the molecule is O=C(N[C@@H](CSc1ccccc1)C(O)CO)OCc1ccccc1. The van der Waals surface area contributed by atoms with E-state index in [9.17, 15) is 15.0 Å². The molecule has 0 heterocycles. The van der Waals surface area contributed by atoms with Gasteiger partial charge in [-0.15, -0.1) is 11.8 Å². The van der Waals surface area contributed by atoms with E-state index in [2.05, 4.69) is 5.32 Å². The van der Waals surface area contributed by atoms with Gasteiger partial charge in [-0.3, -0.25) is 0 Å². The van der Waals surface area contributed by atoms with Crippen molar-refractivity contribution < 1.29 is 19.7 Å². The lowest BCUT2D eigenvalue weighted by Gasteiger charge is -2.22. The van der Waals surface area contributed by atoms with E-state index < -0.39 is 24.8 Å². The number of thioether (sulfide) groups is 1. The lowest BCUT2D eigenvalue weighted by Crippen LogP contribution is -2.46. The molecule has 0 aliphatic heterocycles. The molecule has 2 atom stereocenters. The van der Waals surface area contributed by atoms with Crippen LogP contribution >= 0.6 is 11.8 Å². The van der Waals surface area contributed by atoms with Crippen LogP contribution in [0.15, 0.2) is 65.6 Å². The Morgan fingerprint density at radius 2 is 1.71 bits per heavy atom. The Labute approximate surface area is 145 Å². The zero-order valence-electron chi connectivity index (χ0n) is 13.2. The van der Waals surface area contributed by atoms with Crippen molar-refractivity contribution in [3.05, 3.63) is 66.2 Å². The average Bonchev–Trinajstić information content (AvgIpc) is 2.64. The zero-order chi connectivity index (χ0) is 17.2. The Morgan fingerprint density at radius 1 is 1.08 bits per heavy atom. The van der Waals surface area contributed by atoms with E-state index >= 15 is 0 Å². The fourth-order valence-electron chi connectivity index (χ4n) is 2.00. The quantitative estimate of drug-likeness (QED) is 0.639. The van der Waals surface area contributed by atoms with E-state index in [1.165, 1.54) is 11.8 Å². The van der Waals surface area contributed by atoms with Crippen molar-refractivity contribution in [2.45, 2.75) is 23.6 Å². The molecule has 24 heavy (non-hydrogen) atoms. The molecule has 5 nitrogen and oxygen atoms in total. The number of hydrogen-bond donors (Lipinski definition) is 3. The topological polar surface area (TPSA) is 78.8 Å². The van der Waals surface area contributed by atoms with Gasteiger partial charge in [-0.25, -0.2) is 4.79 Å². The first kappa shape index (κ1) is 18.3. The maximum absolute atomic E-state index is 11.9. The van der Waals surface area contributed by atoms with Crippen LogP contribution in [0.3, 0.4) is 0 Å². The first-order chi connectivity index (χ1) is 11.7. The highest BCUT2D eigenvalue weighted by atomic mass is 32.2. The monoisotopic (exact) mass is 347 g/mol. The van der Waals surface area contributed by atoms with Crippen LogP contribution < -0.4 is 5.32 Å². The lowest BCUT2D eigenvalue weighted by atomic mass is 10.2. The van der Waals surface area contributed by atoms with E-state index in [0.29, 0.717) is 5.75 Å². The summed E-state index contributed by atoms with van der Waals surface area (Å²) < 4.78 is 5.15. The van der Waals surface area contributed by atoms with Crippen molar-refractivity contribution >= 4 is 17.9 Å². The van der Waals surface area contributed by atoms with Crippen LogP contribution in [0.4, 0.5) is 4.79 Å². The summed E-state index contributed by atoms with van der Waals surface area (Å²) in [6.07, 6.45) is -1.67. The molecule has 3 N–H and O–H groups in total. The molecular formula is C18H21NO4S. The predicted octanol–water partition coefficient (Wildman–Crippen LogP) is 2.43. The molecule has 0 saturated carbocycles. The molecule has 0 spiro atoms. The predicted molar refractivity (Wildman–Crippen MR) is 93.8 cm³/mol. The summed E-state index contributed by atoms with van der Waals surface area (Å²) in [7, 11) is 0. The van der Waals surface area contributed by atoms with E-state index in [4.69, 9.17) is 4.74 Å². The molecule has 6 heteroatoms. The smallest absolute Gasteiger partial charge is 0.407 e. The number of hydrogen-bond acceptors (Lipinski definition) is 5. The number of benzene rings is 2. The maximum Gasteiger partial charge on any atom is 0.407 e. The minimum absolute atomic E-state index is 0.153. The van der Waals surface area contributed by atoms with E-state index in [-0.39, 0.29) is 6.61 Å². The molecule has 0 bridgehead atoms. The van der Waals surface area contributed by atoms with Crippen molar-refractivity contribution in [2.75, 3.05) is 12.4 Å². The zero-order valence-corrected chi connectivity index (χ0v) is 14.0. The van der Waals surface area contributed by atoms with Crippen molar-refractivity contribution in [1.82, 2.24) is 5.32 Å². The van der Waals surface area contributed by atoms with Crippen LogP contribution in [0.25, 0.3) is 0 Å². The standard InChI is InChI=1S/C18H21NO4S/c20-11-17(21)16(13-24-15-9-5-2-6-10-15)19-18(22)23-12-14-7-3-1-4-8-14/h1-10,16-17,20-21H,11-13H2,(H,19,22)/t16-,17?/m0/s1. The van der Waals surface area contributed by atoms with Crippen LogP contribution in [-0.2, 0) is 11.3 Å². The Hall–Kier alpha value is -2.02. The van der Waals surface area contributed by atoms with Crippen LogP contribution in [0.1, 0.15) is 5.56 Å². The Morgan fingerprint density at radius 3 is 2.33 bits per heavy atom. The molecule has 1 unspecified atom stereocenters. The highest BCUT2D eigenvalue weighted by molar-refractivity contribution is 7.99. The molecule has 0 aromatic heterocycles. The fraction of sp³-hybridized carbons (Fsp3) is 0.278. The number of rotatable bonds is 8. The number of amides is 1. The number of aliphatic hydroxyl groups excluding tert-OH is 2. The third-order valence-corrected chi connectivity index (χ3v) is 4.47. The number of carbonyl (C=O) groups excluding carboxylic acids is 1. The molecule has 0 fully saturated rings. The van der Waals surface area contributed by atoms with Gasteiger partial charge in [0, 0.05) is 10.6 Å². The third-order valence-electron chi connectivity index (χ3n) is 3.34. The molecule has 0 saturated heterocycles. The molecular weight excluding hydrogens is 326 g/mol. The minimum Gasteiger partial charge on any atom is -0.445 e. The summed E-state index contributed by atoms with van der Waals surface area (Å²) in [6, 6.07) is 18.4. The van der Waals surface area contributed by atoms with Crippen LogP contribution in [0.2, 0.25) is 0 Å². The van der Waals surface area contributed by atoms with Crippen molar-refractivity contribution in [1.29, 1.82) is 0 Å². The molecule has 2 rings (SSSR count). The van der Waals surface area contributed by atoms with Crippen molar-refractivity contribution in [2.24, 2.45) is 0 Å². The molecule has 0 radical (unpaired) electrons. The van der Waals surface area contributed by atoms with Gasteiger partial charge < -0.3 is 20.3 Å². The maximum atomic E-state index is 11.9. The normalized spacial score (nSPS) is 13.1. The van der Waals surface area contributed by atoms with E-state index in [1.54, 1.807) is 0 Å². The summed E-state index contributed by atoms with van der Waals surface area (Å²) in [5.41, 5.74) is 0.880. The Kier molecular flexibility index (Phi) is 7.61. The summed E-state index contributed by atoms with van der Waals surface area (Å²) in [5, 5.41) is 21.7. The molecule has 2 aromatic carbocycles. The van der Waals surface area contributed by atoms with Gasteiger partial charge >= 0.3 is 6.09 Å². The summed E-state index contributed by atoms with van der Waals surface area (Å²) >= 11 is 1.49. The lowest BCUT2D eigenvalue weighted by molar-refractivity contribution is 0.0637. The largest absolute Gasteiger partial charge is 0.445 e. The second-order valence-corrected chi connectivity index (χ2v) is 6.28. The molecule has 128 valence electrons. The van der Waals surface area contributed by atoms with Gasteiger partial charge in [0.1, 0.15) is 6.61 Å². The van der Waals surface area contributed by atoms with Crippen molar-refractivity contribution in [3.63, 3.8) is 0 Å². The minimum atomic E-state index is -1.05. The van der Waals surface area contributed by atoms with E-state index in [0.717, 1.165) is 10.5 Å². The first-order valence-electron chi connectivity index (χ1n) is 7.63. The highest BCUT2D eigenvalue weighted by Gasteiger charge is 2.21. The molecule has 0 aliphatic rings. The van der Waals surface area contributed by atoms with Gasteiger partial charge in [0.05, 0.1) is 18.8 Å². The molecule has 0 aliphatic carbocycles. The number of aliphatic hydroxyl groups is 2. The second-order valence-electron chi connectivity index (χ2n) is 5.19. The van der Waals surface area contributed by atoms with Crippen LogP contribution in [-0.4, -0.2) is 40.8 Å². The highest BCUT2D eigenvalue weighted by Crippen LogP contribution is 2.19. The summed E-state index contributed by atoms with van der Waals surface area (Å²) in [4.78, 5) is 12.9. The second kappa shape index (κ2) is 9.97. The Balaban J connectivity index is 1.84. The molecule has 1 amide bonds. The molecule has 2 aromatic rings.